The number of benzene rings is 1. The number of oxazole rings is 1. The lowest BCUT2D eigenvalue weighted by Crippen LogP contribution is -2.13. The van der Waals surface area contributed by atoms with Crippen molar-refractivity contribution in [1.29, 1.82) is 0 Å². The van der Waals surface area contributed by atoms with Gasteiger partial charge in [-0.25, -0.2) is 15.0 Å². The van der Waals surface area contributed by atoms with Crippen LogP contribution < -0.4 is 4.90 Å². The number of anilines is 1. The topological polar surface area (TPSA) is 55.1 Å². The fourth-order valence-electron chi connectivity index (χ4n) is 2.54. The Morgan fingerprint density at radius 3 is 2.65 bits per heavy atom. The molecule has 1 aromatic carbocycles. The molecule has 5 nitrogen and oxygen atoms in total. The Hall–Kier alpha value is -2.43. The Kier molecular flexibility index (Phi) is 4.28. The van der Waals surface area contributed by atoms with Gasteiger partial charge in [-0.2, -0.15) is 0 Å². The minimum atomic E-state index is 0.644. The van der Waals surface area contributed by atoms with Gasteiger partial charge in [0.2, 0.25) is 0 Å². The van der Waals surface area contributed by atoms with Gasteiger partial charge in [0.25, 0.3) is 0 Å². The molecule has 2 heterocycles. The second-order valence-corrected chi connectivity index (χ2v) is 6.39. The van der Waals surface area contributed by atoms with Crippen molar-refractivity contribution in [2.24, 2.45) is 5.92 Å². The minimum Gasteiger partial charge on any atom is -0.444 e. The van der Waals surface area contributed by atoms with Crippen LogP contribution in [0.15, 0.2) is 35.2 Å². The predicted octanol–water partition coefficient (Wildman–Crippen LogP) is 3.94. The number of hydrogen-bond donors (Lipinski definition) is 0. The monoisotopic (exact) mass is 310 g/mol. The van der Waals surface area contributed by atoms with Crippen LogP contribution >= 0.6 is 0 Å². The maximum Gasteiger partial charge on any atom is 0.181 e. The zero-order valence-corrected chi connectivity index (χ0v) is 14.1. The molecule has 3 rings (SSSR count). The molecule has 0 aliphatic heterocycles. The Labute approximate surface area is 136 Å². The second kappa shape index (κ2) is 6.36. The van der Waals surface area contributed by atoms with Crippen molar-refractivity contribution in [2.75, 3.05) is 19.0 Å². The van der Waals surface area contributed by atoms with E-state index >= 15 is 0 Å². The average Bonchev–Trinajstić information content (AvgIpc) is 3.05. The summed E-state index contributed by atoms with van der Waals surface area (Å²) in [6.07, 6.45) is 5.15. The standard InChI is InChI=1S/C18H22N4O/c1-12(2)5-8-17-20-15-7-6-13(16-10-19-11-23-16)9-14(15)18(21-17)22(3)4/h6-7,9-12H,5,8H2,1-4H3. The van der Waals surface area contributed by atoms with Crippen LogP contribution in [-0.4, -0.2) is 29.0 Å². The molecule has 5 heteroatoms. The number of hydrogen-bond acceptors (Lipinski definition) is 5. The first-order chi connectivity index (χ1) is 11.0. The van der Waals surface area contributed by atoms with E-state index < -0.39 is 0 Å². The van der Waals surface area contributed by atoms with Crippen molar-refractivity contribution in [2.45, 2.75) is 26.7 Å². The third kappa shape index (κ3) is 3.33. The van der Waals surface area contributed by atoms with Gasteiger partial charge in [0.1, 0.15) is 11.6 Å². The van der Waals surface area contributed by atoms with E-state index in [-0.39, 0.29) is 0 Å². The summed E-state index contributed by atoms with van der Waals surface area (Å²) in [6.45, 7) is 4.44. The maximum atomic E-state index is 5.39. The second-order valence-electron chi connectivity index (χ2n) is 6.39. The number of nitrogens with zero attached hydrogens (tertiary/aromatic N) is 4. The highest BCUT2D eigenvalue weighted by atomic mass is 16.3. The van der Waals surface area contributed by atoms with Gasteiger partial charge in [0.05, 0.1) is 11.7 Å². The van der Waals surface area contributed by atoms with Gasteiger partial charge < -0.3 is 9.32 Å². The van der Waals surface area contributed by atoms with Gasteiger partial charge >= 0.3 is 0 Å². The molecule has 3 aromatic rings. The van der Waals surface area contributed by atoms with E-state index in [1.165, 1.54) is 6.39 Å². The van der Waals surface area contributed by atoms with Crippen molar-refractivity contribution in [3.8, 4) is 11.3 Å². The summed E-state index contributed by atoms with van der Waals surface area (Å²) in [6, 6.07) is 6.11. The zero-order valence-electron chi connectivity index (χ0n) is 14.1. The summed E-state index contributed by atoms with van der Waals surface area (Å²) in [5.74, 6) is 3.24. The Morgan fingerprint density at radius 1 is 1.17 bits per heavy atom. The zero-order chi connectivity index (χ0) is 16.4. The number of rotatable bonds is 5. The molecule has 0 radical (unpaired) electrons. The molecule has 0 aliphatic carbocycles. The fraction of sp³-hybridized carbons (Fsp3) is 0.389. The van der Waals surface area contributed by atoms with Crippen LogP contribution in [0.3, 0.4) is 0 Å². The highest BCUT2D eigenvalue weighted by molar-refractivity contribution is 5.92. The predicted molar refractivity (Wildman–Crippen MR) is 92.5 cm³/mol. The van der Waals surface area contributed by atoms with Gasteiger partial charge in [0.15, 0.2) is 12.2 Å². The van der Waals surface area contributed by atoms with E-state index in [1.54, 1.807) is 6.20 Å². The van der Waals surface area contributed by atoms with Crippen molar-refractivity contribution in [3.63, 3.8) is 0 Å². The molecule has 0 N–H and O–H groups in total. The lowest BCUT2D eigenvalue weighted by molar-refractivity contribution is 0.572. The normalized spacial score (nSPS) is 11.3. The highest BCUT2D eigenvalue weighted by Crippen LogP contribution is 2.28. The molecule has 0 saturated heterocycles. The summed E-state index contributed by atoms with van der Waals surface area (Å²) < 4.78 is 5.39. The SMILES string of the molecule is CC(C)CCc1nc(N(C)C)c2cc(-c3cnco3)ccc2n1. The number of fused-ring (bicyclic) bond motifs is 1. The largest absolute Gasteiger partial charge is 0.444 e. The van der Waals surface area contributed by atoms with Crippen LogP contribution in [0.25, 0.3) is 22.2 Å². The highest BCUT2D eigenvalue weighted by Gasteiger charge is 2.12. The maximum absolute atomic E-state index is 5.39. The van der Waals surface area contributed by atoms with E-state index in [2.05, 4.69) is 24.9 Å². The lowest BCUT2D eigenvalue weighted by Gasteiger charge is -2.16. The summed E-state index contributed by atoms with van der Waals surface area (Å²) in [5, 5.41) is 1.03. The molecule has 0 bridgehead atoms. The van der Waals surface area contributed by atoms with E-state index in [0.29, 0.717) is 5.92 Å². The van der Waals surface area contributed by atoms with Gasteiger partial charge in [-0.3, -0.25) is 0 Å². The molecule has 120 valence electrons. The average molecular weight is 310 g/mol. The van der Waals surface area contributed by atoms with Crippen molar-refractivity contribution < 1.29 is 4.42 Å². The lowest BCUT2D eigenvalue weighted by atomic mass is 10.1. The smallest absolute Gasteiger partial charge is 0.181 e. The van der Waals surface area contributed by atoms with E-state index in [1.807, 2.05) is 31.1 Å². The van der Waals surface area contributed by atoms with E-state index in [4.69, 9.17) is 14.4 Å². The molecule has 0 saturated carbocycles. The quantitative estimate of drug-likeness (QED) is 0.714. The third-order valence-electron chi connectivity index (χ3n) is 3.81. The molecular weight excluding hydrogens is 288 g/mol. The van der Waals surface area contributed by atoms with E-state index in [9.17, 15) is 0 Å². The van der Waals surface area contributed by atoms with Gasteiger partial charge in [-0.05, 0) is 30.5 Å². The molecule has 0 atom stereocenters. The Morgan fingerprint density at radius 2 is 2.00 bits per heavy atom. The summed E-state index contributed by atoms with van der Waals surface area (Å²) >= 11 is 0. The fourth-order valence-corrected chi connectivity index (χ4v) is 2.54. The molecule has 0 fully saturated rings. The number of aryl methyl sites for hydroxylation is 1. The molecular formula is C18H22N4O. The molecule has 0 aliphatic rings. The van der Waals surface area contributed by atoms with Crippen LogP contribution in [0.5, 0.6) is 0 Å². The summed E-state index contributed by atoms with van der Waals surface area (Å²) in [5.41, 5.74) is 1.95. The first-order valence-corrected chi connectivity index (χ1v) is 7.91. The number of aromatic nitrogens is 3. The summed E-state index contributed by atoms with van der Waals surface area (Å²) in [7, 11) is 4.02. The molecule has 2 aromatic heterocycles. The minimum absolute atomic E-state index is 0.644. The van der Waals surface area contributed by atoms with Crippen molar-refractivity contribution in [3.05, 3.63) is 36.6 Å². The first kappa shape index (κ1) is 15.5. The van der Waals surface area contributed by atoms with Crippen molar-refractivity contribution >= 4 is 16.7 Å². The van der Waals surface area contributed by atoms with Crippen LogP contribution in [0.1, 0.15) is 26.1 Å². The Balaban J connectivity index is 2.08. The molecule has 0 spiro atoms. The van der Waals surface area contributed by atoms with E-state index in [0.717, 1.165) is 46.7 Å². The van der Waals surface area contributed by atoms with Gasteiger partial charge in [-0.15, -0.1) is 0 Å². The molecule has 23 heavy (non-hydrogen) atoms. The summed E-state index contributed by atoms with van der Waals surface area (Å²) in [4.78, 5) is 15.5. The molecule has 0 unspecified atom stereocenters. The Bertz CT molecular complexity index is 794. The van der Waals surface area contributed by atoms with Crippen LogP contribution in [0, 0.1) is 5.92 Å². The van der Waals surface area contributed by atoms with Crippen molar-refractivity contribution in [1.82, 2.24) is 15.0 Å². The first-order valence-electron chi connectivity index (χ1n) is 7.91. The van der Waals surface area contributed by atoms with Crippen LogP contribution in [0.4, 0.5) is 5.82 Å². The van der Waals surface area contributed by atoms with Crippen LogP contribution in [-0.2, 0) is 6.42 Å². The van der Waals surface area contributed by atoms with Gasteiger partial charge in [-0.1, -0.05) is 13.8 Å². The van der Waals surface area contributed by atoms with Crippen LogP contribution in [0.2, 0.25) is 0 Å². The van der Waals surface area contributed by atoms with Gasteiger partial charge in [0, 0.05) is 31.5 Å². The third-order valence-corrected chi connectivity index (χ3v) is 3.81. The molecule has 0 amide bonds.